The van der Waals surface area contributed by atoms with Crippen LogP contribution in [0.3, 0.4) is 0 Å². The third-order valence-corrected chi connectivity index (χ3v) is 3.71. The average Bonchev–Trinajstić information content (AvgIpc) is 2.49. The van der Waals surface area contributed by atoms with Gasteiger partial charge in [0.15, 0.2) is 0 Å². The van der Waals surface area contributed by atoms with Crippen molar-refractivity contribution < 1.29 is 0 Å². The van der Waals surface area contributed by atoms with Crippen molar-refractivity contribution in [2.45, 2.75) is 117 Å². The summed E-state index contributed by atoms with van der Waals surface area (Å²) in [5.41, 5.74) is 0. The van der Waals surface area contributed by atoms with Crippen molar-refractivity contribution >= 4 is 23.1 Å². The van der Waals surface area contributed by atoms with Crippen LogP contribution in [0.15, 0.2) is 0 Å². The van der Waals surface area contributed by atoms with Crippen molar-refractivity contribution in [3.63, 3.8) is 0 Å². The van der Waals surface area contributed by atoms with Crippen LogP contribution in [0.2, 0.25) is 0 Å². The van der Waals surface area contributed by atoms with Crippen LogP contribution in [0.5, 0.6) is 0 Å². The summed E-state index contributed by atoms with van der Waals surface area (Å²) in [4.78, 5) is 0. The van der Waals surface area contributed by atoms with E-state index in [4.69, 9.17) is 0 Å². The quantitative estimate of drug-likeness (QED) is 0.177. The van der Waals surface area contributed by atoms with Crippen molar-refractivity contribution in [2.75, 3.05) is 0 Å². The van der Waals surface area contributed by atoms with Crippen LogP contribution in [0, 0.1) is 13.8 Å². The van der Waals surface area contributed by atoms with Crippen LogP contribution >= 0.6 is 0 Å². The van der Waals surface area contributed by atoms with Gasteiger partial charge in [-0.05, 0) is 0 Å². The molecule has 0 aliphatic rings. The van der Waals surface area contributed by atoms with Gasteiger partial charge in [-0.2, -0.15) is 12.8 Å². The normalized spacial score (nSPS) is 9.71. The summed E-state index contributed by atoms with van der Waals surface area (Å²) >= 11 is 0. The molecule has 21 heavy (non-hydrogen) atoms. The molecule has 0 fully saturated rings. The topological polar surface area (TPSA) is 0 Å². The third kappa shape index (κ3) is 33.5. The molecule has 0 bridgehead atoms. The van der Waals surface area contributed by atoms with E-state index in [9.17, 15) is 0 Å². The molecule has 0 saturated heterocycles. The molecule has 124 valence electrons. The number of hydrogen-bond acceptors (Lipinski definition) is 0. The van der Waals surface area contributed by atoms with Crippen LogP contribution in [0.4, 0.5) is 0 Å². The van der Waals surface area contributed by atoms with E-state index in [2.05, 4.69) is 27.7 Å². The summed E-state index contributed by atoms with van der Waals surface area (Å²) in [6.07, 6.45) is 22.1. The molecule has 0 radical (unpaired) electrons. The van der Waals surface area contributed by atoms with E-state index in [1.807, 2.05) is 0 Å². The van der Waals surface area contributed by atoms with E-state index in [1.165, 1.54) is 89.9 Å². The molecule has 0 rings (SSSR count). The van der Waals surface area contributed by atoms with Gasteiger partial charge in [0.2, 0.25) is 0 Å². The minimum Gasteiger partial charge on any atom is -0.343 e. The van der Waals surface area contributed by atoms with E-state index in [0.29, 0.717) is 0 Å². The van der Waals surface area contributed by atoms with Crippen molar-refractivity contribution in [1.82, 2.24) is 0 Å². The first-order chi connectivity index (χ1) is 9.83. The van der Waals surface area contributed by atoms with E-state index in [1.54, 1.807) is 0 Å². The van der Waals surface area contributed by atoms with Crippen LogP contribution in [0.1, 0.15) is 117 Å². The molecular formula is C20H42Mg. The molecule has 0 atom stereocenters. The second-order valence-electron chi connectivity index (χ2n) is 5.95. The Bertz CT molecular complexity index is 118. The monoisotopic (exact) mass is 306 g/mol. The summed E-state index contributed by atoms with van der Waals surface area (Å²) in [6.45, 7) is 11.9. The zero-order chi connectivity index (χ0) is 15.3. The first-order valence-electron chi connectivity index (χ1n) is 9.41. The van der Waals surface area contributed by atoms with E-state index in [0.717, 1.165) is 12.8 Å². The Kier molecular flexibility index (Phi) is 36.6. The first-order valence-corrected chi connectivity index (χ1v) is 9.41. The fourth-order valence-corrected chi connectivity index (χ4v) is 2.19. The maximum atomic E-state index is 3.87. The van der Waals surface area contributed by atoms with Gasteiger partial charge in [-0.1, -0.05) is 104 Å². The Morgan fingerprint density at radius 1 is 0.429 bits per heavy atom. The summed E-state index contributed by atoms with van der Waals surface area (Å²) in [7, 11) is 0. The molecule has 1 heteroatoms. The molecule has 0 saturated carbocycles. The average molecular weight is 307 g/mol. The molecule has 0 nitrogen and oxygen atoms in total. The summed E-state index contributed by atoms with van der Waals surface area (Å²) < 4.78 is 0. The Morgan fingerprint density at radius 3 is 0.952 bits per heavy atom. The molecule has 0 heterocycles. The van der Waals surface area contributed by atoms with Gasteiger partial charge in [-0.15, -0.1) is 0 Å². The molecule has 0 N–H and O–H groups in total. The number of rotatable bonds is 14. The summed E-state index contributed by atoms with van der Waals surface area (Å²) in [5.74, 6) is 0. The minimum absolute atomic E-state index is 0. The molecule has 0 amide bonds. The van der Waals surface area contributed by atoms with E-state index < -0.39 is 0 Å². The predicted octanol–water partition coefficient (Wildman–Crippen LogP) is 7.54. The Hall–Kier alpha value is 0.766. The Labute approximate surface area is 153 Å². The van der Waals surface area contributed by atoms with Gasteiger partial charge < -0.3 is 13.8 Å². The van der Waals surface area contributed by atoms with Crippen molar-refractivity contribution in [3.8, 4) is 0 Å². The molecular weight excluding hydrogens is 265 g/mol. The Morgan fingerprint density at radius 2 is 0.714 bits per heavy atom. The maximum Gasteiger partial charge on any atom is 2.00 e. The molecule has 0 aromatic carbocycles. The fourth-order valence-electron chi connectivity index (χ4n) is 2.19. The Balaban J connectivity index is -0.000000572. The standard InChI is InChI=1S/C16H33.C4H9.Mg/c1-3-5-7-9-11-13-15-16-14-12-10-8-6-4-2;1-3-4-2;/h1,3-16H2,2H3;1,3-4H2,2H3;/q2*-1;+2. The SMILES string of the molecule is [CH2-]CCC.[CH2-]CCCCCCCCCCCCCCC.[Mg+2]. The van der Waals surface area contributed by atoms with Gasteiger partial charge >= 0.3 is 23.1 Å². The van der Waals surface area contributed by atoms with E-state index >= 15 is 0 Å². The van der Waals surface area contributed by atoms with Gasteiger partial charge in [-0.3, -0.25) is 0 Å². The molecule has 0 aliphatic heterocycles. The molecule has 0 aromatic heterocycles. The zero-order valence-electron chi connectivity index (χ0n) is 15.4. The van der Waals surface area contributed by atoms with Crippen molar-refractivity contribution in [2.24, 2.45) is 0 Å². The van der Waals surface area contributed by atoms with Crippen LogP contribution in [-0.4, -0.2) is 23.1 Å². The van der Waals surface area contributed by atoms with Gasteiger partial charge in [0.25, 0.3) is 0 Å². The van der Waals surface area contributed by atoms with Crippen molar-refractivity contribution in [3.05, 3.63) is 13.8 Å². The van der Waals surface area contributed by atoms with Gasteiger partial charge in [0.1, 0.15) is 0 Å². The maximum absolute atomic E-state index is 3.87. The summed E-state index contributed by atoms with van der Waals surface area (Å²) in [6, 6.07) is 0. The second-order valence-corrected chi connectivity index (χ2v) is 5.95. The number of unbranched alkanes of at least 4 members (excludes halogenated alkanes) is 14. The second kappa shape index (κ2) is 28.9. The zero-order valence-corrected chi connectivity index (χ0v) is 16.8. The van der Waals surface area contributed by atoms with Crippen LogP contribution < -0.4 is 0 Å². The first kappa shape index (κ1) is 26.7. The van der Waals surface area contributed by atoms with E-state index in [-0.39, 0.29) is 23.1 Å². The molecule has 0 unspecified atom stereocenters. The molecule has 0 aromatic rings. The van der Waals surface area contributed by atoms with Gasteiger partial charge in [0.05, 0.1) is 0 Å². The minimum atomic E-state index is 0. The third-order valence-electron chi connectivity index (χ3n) is 3.71. The predicted molar refractivity (Wildman–Crippen MR) is 102 cm³/mol. The number of hydrogen-bond donors (Lipinski definition) is 0. The van der Waals surface area contributed by atoms with Crippen molar-refractivity contribution in [1.29, 1.82) is 0 Å². The van der Waals surface area contributed by atoms with Crippen LogP contribution in [-0.2, 0) is 0 Å². The van der Waals surface area contributed by atoms with Gasteiger partial charge in [0, 0.05) is 0 Å². The summed E-state index contributed by atoms with van der Waals surface area (Å²) in [5, 5.41) is 0. The molecule has 0 spiro atoms. The molecule has 0 aliphatic carbocycles. The fraction of sp³-hybridized carbons (Fsp3) is 0.900. The largest absolute Gasteiger partial charge is 2.00 e. The van der Waals surface area contributed by atoms with Gasteiger partial charge in [-0.25, -0.2) is 0 Å². The smallest absolute Gasteiger partial charge is 0.343 e. The van der Waals surface area contributed by atoms with Crippen LogP contribution in [0.25, 0.3) is 0 Å².